The van der Waals surface area contributed by atoms with Crippen LogP contribution in [-0.4, -0.2) is 35.9 Å². The summed E-state index contributed by atoms with van der Waals surface area (Å²) in [7, 11) is 3.55. The molecule has 1 saturated carbocycles. The van der Waals surface area contributed by atoms with Gasteiger partial charge >= 0.3 is 0 Å². The van der Waals surface area contributed by atoms with Crippen LogP contribution in [-0.2, 0) is 0 Å². The minimum atomic E-state index is -0.485. The van der Waals surface area contributed by atoms with Crippen LogP contribution >= 0.6 is 0 Å². The molecule has 118 valence electrons. The number of rotatable bonds is 4. The van der Waals surface area contributed by atoms with Crippen LogP contribution in [0.4, 0.5) is 0 Å². The van der Waals surface area contributed by atoms with E-state index in [9.17, 15) is 4.79 Å². The standard InChI is InChI=1S/C16H22N4O2/c1-18-11-3-5-12(6-4-11)20-9-10-7-13(16(17)21)15(22-2)8-14(10)19-20/h7-9,11-12,18H,3-6H2,1-2H3,(H2,17,21). The summed E-state index contributed by atoms with van der Waals surface area (Å²) in [6.45, 7) is 0. The molecule has 0 saturated heterocycles. The van der Waals surface area contributed by atoms with E-state index in [2.05, 4.69) is 10.4 Å². The molecule has 6 heteroatoms. The van der Waals surface area contributed by atoms with E-state index in [-0.39, 0.29) is 0 Å². The number of carbonyl (C=O) groups is 1. The molecular weight excluding hydrogens is 280 g/mol. The Balaban J connectivity index is 1.91. The van der Waals surface area contributed by atoms with Crippen LogP contribution < -0.4 is 15.8 Å². The lowest BCUT2D eigenvalue weighted by Gasteiger charge is -2.28. The number of nitrogens with zero attached hydrogens (tertiary/aromatic N) is 2. The van der Waals surface area contributed by atoms with Crippen molar-refractivity contribution < 1.29 is 9.53 Å². The zero-order chi connectivity index (χ0) is 15.7. The summed E-state index contributed by atoms with van der Waals surface area (Å²) in [5.74, 6) is -0.00910. The van der Waals surface area contributed by atoms with Gasteiger partial charge in [0, 0.05) is 23.7 Å². The number of methoxy groups -OCH3 is 1. The third kappa shape index (κ3) is 2.66. The van der Waals surface area contributed by atoms with E-state index >= 15 is 0 Å². The molecule has 1 amide bonds. The summed E-state index contributed by atoms with van der Waals surface area (Å²) in [6.07, 6.45) is 6.55. The Morgan fingerprint density at radius 1 is 1.36 bits per heavy atom. The first-order valence-electron chi connectivity index (χ1n) is 7.66. The van der Waals surface area contributed by atoms with Crippen LogP contribution in [0.1, 0.15) is 42.1 Å². The molecule has 1 aliphatic carbocycles. The number of hydrogen-bond donors (Lipinski definition) is 2. The topological polar surface area (TPSA) is 82.2 Å². The second-order valence-corrected chi connectivity index (χ2v) is 5.88. The first-order chi connectivity index (χ1) is 10.6. The smallest absolute Gasteiger partial charge is 0.252 e. The molecule has 1 fully saturated rings. The average molecular weight is 302 g/mol. The number of aromatic nitrogens is 2. The maximum Gasteiger partial charge on any atom is 0.252 e. The van der Waals surface area contributed by atoms with Crippen molar-refractivity contribution in [2.45, 2.75) is 37.8 Å². The summed E-state index contributed by atoms with van der Waals surface area (Å²) < 4.78 is 7.27. The predicted octanol–water partition coefficient (Wildman–Crippen LogP) is 1.85. The van der Waals surface area contributed by atoms with Crippen molar-refractivity contribution in [3.05, 3.63) is 23.9 Å². The quantitative estimate of drug-likeness (QED) is 0.903. The second-order valence-electron chi connectivity index (χ2n) is 5.88. The summed E-state index contributed by atoms with van der Waals surface area (Å²) >= 11 is 0. The highest BCUT2D eigenvalue weighted by molar-refractivity contribution is 6.00. The molecule has 0 unspecified atom stereocenters. The minimum Gasteiger partial charge on any atom is -0.496 e. The summed E-state index contributed by atoms with van der Waals surface area (Å²) in [5.41, 5.74) is 6.64. The van der Waals surface area contributed by atoms with Crippen LogP contribution in [0.5, 0.6) is 5.75 Å². The van der Waals surface area contributed by atoms with Crippen molar-refractivity contribution in [2.24, 2.45) is 5.73 Å². The van der Waals surface area contributed by atoms with Gasteiger partial charge in [-0.25, -0.2) is 0 Å². The number of nitrogens with two attached hydrogens (primary N) is 1. The molecule has 6 nitrogen and oxygen atoms in total. The van der Waals surface area contributed by atoms with Crippen LogP contribution in [0, 0.1) is 0 Å². The van der Waals surface area contributed by atoms with Crippen LogP contribution in [0.3, 0.4) is 0 Å². The van der Waals surface area contributed by atoms with E-state index in [1.807, 2.05) is 17.9 Å². The maximum absolute atomic E-state index is 11.5. The predicted molar refractivity (Wildman–Crippen MR) is 85.2 cm³/mol. The number of nitrogens with one attached hydrogen (secondary N) is 1. The van der Waals surface area contributed by atoms with Gasteiger partial charge in [-0.15, -0.1) is 0 Å². The Hall–Kier alpha value is -2.08. The van der Waals surface area contributed by atoms with Gasteiger partial charge in [0.2, 0.25) is 0 Å². The SMILES string of the molecule is CNC1CCC(n2cc3cc(C(N)=O)c(OC)cc3n2)CC1. The van der Waals surface area contributed by atoms with E-state index < -0.39 is 5.91 Å². The molecule has 0 radical (unpaired) electrons. The summed E-state index contributed by atoms with van der Waals surface area (Å²) in [5, 5.41) is 8.92. The minimum absolute atomic E-state index is 0.397. The van der Waals surface area contributed by atoms with E-state index in [0.29, 0.717) is 23.4 Å². The van der Waals surface area contributed by atoms with Gasteiger partial charge in [0.25, 0.3) is 5.91 Å². The number of benzene rings is 1. The van der Waals surface area contributed by atoms with E-state index in [1.54, 1.807) is 12.1 Å². The third-order valence-corrected chi connectivity index (χ3v) is 4.59. The molecule has 0 aliphatic heterocycles. The van der Waals surface area contributed by atoms with E-state index in [0.717, 1.165) is 36.6 Å². The largest absolute Gasteiger partial charge is 0.496 e. The van der Waals surface area contributed by atoms with Crippen molar-refractivity contribution in [3.63, 3.8) is 0 Å². The second kappa shape index (κ2) is 5.96. The van der Waals surface area contributed by atoms with Crippen molar-refractivity contribution in [1.29, 1.82) is 0 Å². The summed E-state index contributed by atoms with van der Waals surface area (Å²) in [4.78, 5) is 11.5. The lowest BCUT2D eigenvalue weighted by Crippen LogP contribution is -2.31. The van der Waals surface area contributed by atoms with Gasteiger partial charge < -0.3 is 15.8 Å². The first-order valence-corrected chi connectivity index (χ1v) is 7.66. The van der Waals surface area contributed by atoms with Crippen LogP contribution in [0.2, 0.25) is 0 Å². The molecule has 0 bridgehead atoms. The lowest BCUT2D eigenvalue weighted by atomic mass is 9.91. The van der Waals surface area contributed by atoms with Gasteiger partial charge in [-0.1, -0.05) is 0 Å². The fraction of sp³-hybridized carbons (Fsp3) is 0.500. The first kappa shape index (κ1) is 14.8. The van der Waals surface area contributed by atoms with Gasteiger partial charge in [0.1, 0.15) is 5.75 Å². The van der Waals surface area contributed by atoms with Gasteiger partial charge in [-0.05, 0) is 38.8 Å². The monoisotopic (exact) mass is 302 g/mol. The van der Waals surface area contributed by atoms with Crippen molar-refractivity contribution in [3.8, 4) is 5.75 Å². The molecule has 1 heterocycles. The molecular formula is C16H22N4O2. The molecule has 22 heavy (non-hydrogen) atoms. The summed E-state index contributed by atoms with van der Waals surface area (Å²) in [6, 6.07) is 4.58. The van der Waals surface area contributed by atoms with Crippen molar-refractivity contribution >= 4 is 16.8 Å². The molecule has 1 aliphatic rings. The third-order valence-electron chi connectivity index (χ3n) is 4.59. The number of carbonyl (C=O) groups excluding carboxylic acids is 1. The van der Waals surface area contributed by atoms with Gasteiger partial charge in [-0.2, -0.15) is 5.10 Å². The molecule has 3 N–H and O–H groups in total. The van der Waals surface area contributed by atoms with Crippen LogP contribution in [0.25, 0.3) is 10.9 Å². The van der Waals surface area contributed by atoms with Gasteiger partial charge in [-0.3, -0.25) is 9.48 Å². The Kier molecular flexibility index (Phi) is 4.02. The fourth-order valence-corrected chi connectivity index (χ4v) is 3.25. The van der Waals surface area contributed by atoms with Gasteiger partial charge in [0.05, 0.1) is 24.2 Å². The number of amides is 1. The molecule has 3 rings (SSSR count). The molecule has 1 aromatic carbocycles. The maximum atomic E-state index is 11.5. The Morgan fingerprint density at radius 3 is 2.68 bits per heavy atom. The van der Waals surface area contributed by atoms with Crippen LogP contribution in [0.15, 0.2) is 18.3 Å². The molecule has 0 spiro atoms. The Bertz CT molecular complexity index is 687. The Morgan fingerprint density at radius 2 is 2.09 bits per heavy atom. The number of fused-ring (bicyclic) bond motifs is 1. The van der Waals surface area contributed by atoms with Crippen molar-refractivity contribution in [2.75, 3.05) is 14.2 Å². The number of ether oxygens (including phenoxy) is 1. The zero-order valence-electron chi connectivity index (χ0n) is 13.0. The molecule has 2 aromatic rings. The highest BCUT2D eigenvalue weighted by Gasteiger charge is 2.22. The fourth-order valence-electron chi connectivity index (χ4n) is 3.25. The average Bonchev–Trinajstić information content (AvgIpc) is 2.96. The molecule has 1 aromatic heterocycles. The lowest BCUT2D eigenvalue weighted by molar-refractivity contribution is 0.0997. The zero-order valence-corrected chi connectivity index (χ0v) is 13.0. The van der Waals surface area contributed by atoms with Crippen molar-refractivity contribution in [1.82, 2.24) is 15.1 Å². The van der Waals surface area contributed by atoms with Gasteiger partial charge in [0.15, 0.2) is 0 Å². The molecule has 0 atom stereocenters. The van der Waals surface area contributed by atoms with E-state index in [4.69, 9.17) is 10.5 Å². The highest BCUT2D eigenvalue weighted by Crippen LogP contribution is 2.31. The highest BCUT2D eigenvalue weighted by atomic mass is 16.5. The Labute approximate surface area is 129 Å². The number of hydrogen-bond acceptors (Lipinski definition) is 4. The number of primary amides is 1. The van der Waals surface area contributed by atoms with E-state index in [1.165, 1.54) is 7.11 Å². The normalized spacial score (nSPS) is 21.9.